The monoisotopic (exact) mass is 165 g/mol. The summed E-state index contributed by atoms with van der Waals surface area (Å²) >= 11 is 0. The number of aromatic nitrogens is 2. The summed E-state index contributed by atoms with van der Waals surface area (Å²) in [4.78, 5) is 0. The third-order valence-corrected chi connectivity index (χ3v) is 2.51. The molecule has 0 bridgehead atoms. The number of nitrogens with zero attached hydrogens (tertiary/aromatic N) is 2. The average Bonchev–Trinajstić information content (AvgIpc) is 2.71. The quantitative estimate of drug-likeness (QED) is 0.670. The van der Waals surface area contributed by atoms with Crippen LogP contribution in [0.15, 0.2) is 0 Å². The first-order valence-electron chi connectivity index (χ1n) is 4.30. The first-order valence-corrected chi connectivity index (χ1v) is 4.30. The molecule has 1 aromatic rings. The summed E-state index contributed by atoms with van der Waals surface area (Å²) in [6, 6.07) is 0.579. The second-order valence-electron chi connectivity index (χ2n) is 3.48. The van der Waals surface area contributed by atoms with Gasteiger partial charge in [-0.2, -0.15) is 5.10 Å². The molecule has 1 aromatic heterocycles. The number of hydrogen-bond donors (Lipinski definition) is 1. The van der Waals surface area contributed by atoms with Gasteiger partial charge >= 0.3 is 0 Å². The first-order chi connectivity index (χ1) is 5.86. The second kappa shape index (κ2) is 2.01. The van der Waals surface area contributed by atoms with Crippen LogP contribution < -0.4 is 5.73 Å². The Bertz CT molecular complexity index is 327. The maximum absolute atomic E-state index is 5.92. The van der Waals surface area contributed by atoms with Gasteiger partial charge in [0.05, 0.1) is 24.9 Å². The second-order valence-corrected chi connectivity index (χ2v) is 3.48. The zero-order valence-corrected chi connectivity index (χ0v) is 6.79. The zero-order valence-electron chi connectivity index (χ0n) is 6.79. The molecule has 1 saturated carbocycles. The van der Waals surface area contributed by atoms with Crippen molar-refractivity contribution in [2.75, 3.05) is 5.73 Å². The first kappa shape index (κ1) is 6.48. The fourth-order valence-corrected chi connectivity index (χ4v) is 1.65. The summed E-state index contributed by atoms with van der Waals surface area (Å²) in [5.74, 6) is 0.824. The largest absolute Gasteiger partial charge is 0.384 e. The summed E-state index contributed by atoms with van der Waals surface area (Å²) in [6.45, 7) is 1.28. The summed E-state index contributed by atoms with van der Waals surface area (Å²) < 4.78 is 7.20. The van der Waals surface area contributed by atoms with Gasteiger partial charge in [0.1, 0.15) is 5.82 Å². The molecular weight excluding hydrogens is 154 g/mol. The molecule has 0 radical (unpaired) electrons. The lowest BCUT2D eigenvalue weighted by Gasteiger charge is -2.01. The van der Waals surface area contributed by atoms with Crippen LogP contribution in [0.1, 0.15) is 30.1 Å². The van der Waals surface area contributed by atoms with Crippen LogP contribution in [0.5, 0.6) is 0 Å². The van der Waals surface area contributed by atoms with Crippen molar-refractivity contribution in [2.45, 2.75) is 32.1 Å². The molecule has 64 valence electrons. The molecule has 1 fully saturated rings. The summed E-state index contributed by atoms with van der Waals surface area (Å²) in [5, 5.41) is 4.42. The van der Waals surface area contributed by atoms with Crippen molar-refractivity contribution in [1.82, 2.24) is 9.78 Å². The number of anilines is 1. The van der Waals surface area contributed by atoms with Crippen molar-refractivity contribution >= 4 is 5.82 Å². The van der Waals surface area contributed by atoms with E-state index in [4.69, 9.17) is 10.5 Å². The summed E-state index contributed by atoms with van der Waals surface area (Å²) in [5.41, 5.74) is 8.07. The van der Waals surface area contributed by atoms with Crippen molar-refractivity contribution in [1.29, 1.82) is 0 Å². The van der Waals surface area contributed by atoms with Gasteiger partial charge in [0.25, 0.3) is 0 Å². The Balaban J connectivity index is 2.10. The molecule has 4 heteroatoms. The van der Waals surface area contributed by atoms with E-state index in [1.807, 2.05) is 4.68 Å². The van der Waals surface area contributed by atoms with Crippen molar-refractivity contribution in [3.8, 4) is 0 Å². The lowest BCUT2D eigenvalue weighted by Crippen LogP contribution is -2.04. The van der Waals surface area contributed by atoms with Gasteiger partial charge in [0.15, 0.2) is 0 Å². The number of hydrogen-bond acceptors (Lipinski definition) is 3. The van der Waals surface area contributed by atoms with Crippen molar-refractivity contribution < 1.29 is 4.74 Å². The maximum Gasteiger partial charge on any atom is 0.127 e. The van der Waals surface area contributed by atoms with Crippen LogP contribution >= 0.6 is 0 Å². The van der Waals surface area contributed by atoms with Crippen molar-refractivity contribution in [2.24, 2.45) is 0 Å². The molecule has 2 N–H and O–H groups in total. The van der Waals surface area contributed by atoms with Gasteiger partial charge in [0, 0.05) is 5.56 Å². The predicted octanol–water partition coefficient (Wildman–Crippen LogP) is 0.830. The van der Waals surface area contributed by atoms with Crippen LogP contribution in [-0.4, -0.2) is 9.78 Å². The Morgan fingerprint density at radius 2 is 2.25 bits per heavy atom. The molecule has 3 rings (SSSR count). The Labute approximate surface area is 70.3 Å². The maximum atomic E-state index is 5.92. The molecule has 1 aliphatic carbocycles. The molecule has 4 nitrogen and oxygen atoms in total. The van der Waals surface area contributed by atoms with Crippen molar-refractivity contribution in [3.05, 3.63) is 11.3 Å². The highest BCUT2D eigenvalue weighted by atomic mass is 16.5. The van der Waals surface area contributed by atoms with E-state index in [0.717, 1.165) is 17.1 Å². The molecule has 12 heavy (non-hydrogen) atoms. The lowest BCUT2D eigenvalue weighted by atomic mass is 10.3. The van der Waals surface area contributed by atoms with Crippen LogP contribution in [0.4, 0.5) is 5.82 Å². The molecule has 0 saturated heterocycles. The Kier molecular flexibility index (Phi) is 1.09. The van der Waals surface area contributed by atoms with E-state index >= 15 is 0 Å². The number of rotatable bonds is 1. The topological polar surface area (TPSA) is 53.1 Å². The minimum atomic E-state index is 0.579. The third-order valence-electron chi connectivity index (χ3n) is 2.51. The van der Waals surface area contributed by atoms with Crippen LogP contribution in [0.3, 0.4) is 0 Å². The predicted molar refractivity (Wildman–Crippen MR) is 43.4 cm³/mol. The van der Waals surface area contributed by atoms with Crippen LogP contribution in [-0.2, 0) is 18.0 Å². The smallest absolute Gasteiger partial charge is 0.127 e. The molecule has 0 unspecified atom stereocenters. The molecule has 0 atom stereocenters. The molecule has 0 aromatic carbocycles. The van der Waals surface area contributed by atoms with Gasteiger partial charge in [-0.3, -0.25) is 0 Å². The highest BCUT2D eigenvalue weighted by Gasteiger charge is 2.30. The number of fused-ring (bicyclic) bond motifs is 1. The molecule has 2 aliphatic rings. The van der Waals surface area contributed by atoms with Crippen molar-refractivity contribution in [3.63, 3.8) is 0 Å². The van der Waals surface area contributed by atoms with E-state index < -0.39 is 0 Å². The van der Waals surface area contributed by atoms with Crippen LogP contribution in [0.2, 0.25) is 0 Å². The van der Waals surface area contributed by atoms with E-state index in [2.05, 4.69) is 5.10 Å². The summed E-state index contributed by atoms with van der Waals surface area (Å²) in [6.07, 6.45) is 2.46. The SMILES string of the molecule is Nc1c2c(nn1C1CC1)COC2. The molecule has 0 amide bonds. The van der Waals surface area contributed by atoms with Gasteiger partial charge in [0.2, 0.25) is 0 Å². The molecule has 0 spiro atoms. The third kappa shape index (κ3) is 0.728. The average molecular weight is 165 g/mol. The van der Waals surface area contributed by atoms with Gasteiger partial charge in [-0.1, -0.05) is 0 Å². The van der Waals surface area contributed by atoms with E-state index in [1.165, 1.54) is 12.8 Å². The fraction of sp³-hybridized carbons (Fsp3) is 0.625. The fourth-order valence-electron chi connectivity index (χ4n) is 1.65. The van der Waals surface area contributed by atoms with Gasteiger partial charge in [-0.15, -0.1) is 0 Å². The van der Waals surface area contributed by atoms with Crippen LogP contribution in [0, 0.1) is 0 Å². The van der Waals surface area contributed by atoms with E-state index in [-0.39, 0.29) is 0 Å². The van der Waals surface area contributed by atoms with Gasteiger partial charge < -0.3 is 10.5 Å². The molecular formula is C8H11N3O. The number of ether oxygens (including phenoxy) is 1. The highest BCUT2D eigenvalue weighted by Crippen LogP contribution is 2.38. The lowest BCUT2D eigenvalue weighted by molar-refractivity contribution is 0.131. The van der Waals surface area contributed by atoms with Gasteiger partial charge in [-0.25, -0.2) is 4.68 Å². The zero-order chi connectivity index (χ0) is 8.13. The Morgan fingerprint density at radius 3 is 2.92 bits per heavy atom. The highest BCUT2D eigenvalue weighted by molar-refractivity contribution is 5.45. The minimum absolute atomic E-state index is 0.579. The van der Waals surface area contributed by atoms with E-state index in [0.29, 0.717) is 19.3 Å². The number of nitrogen functional groups attached to an aromatic ring is 1. The Morgan fingerprint density at radius 1 is 1.42 bits per heavy atom. The molecule has 1 aliphatic heterocycles. The Hall–Kier alpha value is -1.03. The minimum Gasteiger partial charge on any atom is -0.384 e. The van der Waals surface area contributed by atoms with E-state index in [1.54, 1.807) is 0 Å². The standard InChI is InChI=1S/C8H11N3O/c9-8-6-3-12-4-7(6)10-11(8)5-1-2-5/h5H,1-4,9H2. The van der Waals surface area contributed by atoms with Crippen LogP contribution in [0.25, 0.3) is 0 Å². The molecule has 2 heterocycles. The van der Waals surface area contributed by atoms with Gasteiger partial charge in [-0.05, 0) is 12.8 Å². The normalized spacial score (nSPS) is 21.3. The number of nitrogens with two attached hydrogens (primary N) is 1. The van der Waals surface area contributed by atoms with E-state index in [9.17, 15) is 0 Å². The summed E-state index contributed by atoms with van der Waals surface area (Å²) in [7, 11) is 0.